The monoisotopic (exact) mass is 382 g/mol. The van der Waals surface area contributed by atoms with Gasteiger partial charge < -0.3 is 21.7 Å². The largest absolute Gasteiger partial charge is 0.390 e. The standard InChI is InChI=1S/C19H22N6OS/c1-11-7-12(20)10-25(9-11)14-4-6-22-8-13(14)24-19(26)16-17-15(27-18(16)21)3-2-5-23-17/h2-6,8,11-12H,7,9-10,20-21H2,1H3,(H,24,26). The molecule has 27 heavy (non-hydrogen) atoms. The van der Waals surface area contributed by atoms with E-state index in [-0.39, 0.29) is 11.9 Å². The minimum Gasteiger partial charge on any atom is -0.390 e. The number of nitrogens with zero attached hydrogens (tertiary/aromatic N) is 3. The van der Waals surface area contributed by atoms with Crippen LogP contribution in [0.3, 0.4) is 0 Å². The van der Waals surface area contributed by atoms with Gasteiger partial charge in [-0.05, 0) is 30.5 Å². The molecule has 0 saturated carbocycles. The Labute approximate surface area is 161 Å². The molecule has 7 nitrogen and oxygen atoms in total. The molecule has 1 aliphatic heterocycles. The lowest BCUT2D eigenvalue weighted by Gasteiger charge is -2.37. The van der Waals surface area contributed by atoms with Gasteiger partial charge in [0.1, 0.15) is 10.6 Å². The molecule has 2 atom stereocenters. The third kappa shape index (κ3) is 3.45. The highest BCUT2D eigenvalue weighted by Gasteiger charge is 2.25. The predicted molar refractivity (Wildman–Crippen MR) is 110 cm³/mol. The fourth-order valence-corrected chi connectivity index (χ4v) is 4.63. The highest BCUT2D eigenvalue weighted by atomic mass is 32.1. The van der Waals surface area contributed by atoms with Crippen molar-refractivity contribution in [3.8, 4) is 0 Å². The van der Waals surface area contributed by atoms with Crippen molar-refractivity contribution in [2.75, 3.05) is 29.0 Å². The average Bonchev–Trinajstić information content (AvgIpc) is 2.97. The van der Waals surface area contributed by atoms with Crippen molar-refractivity contribution in [3.63, 3.8) is 0 Å². The Balaban J connectivity index is 1.65. The van der Waals surface area contributed by atoms with Crippen LogP contribution in [0.15, 0.2) is 36.8 Å². The molecule has 3 aromatic rings. The number of thiophene rings is 1. The second-order valence-electron chi connectivity index (χ2n) is 7.04. The van der Waals surface area contributed by atoms with Gasteiger partial charge in [-0.3, -0.25) is 14.8 Å². The van der Waals surface area contributed by atoms with E-state index < -0.39 is 0 Å². The second kappa shape index (κ2) is 7.13. The van der Waals surface area contributed by atoms with Crippen molar-refractivity contribution in [2.24, 2.45) is 11.7 Å². The molecule has 140 valence electrons. The van der Waals surface area contributed by atoms with E-state index in [1.165, 1.54) is 11.3 Å². The minimum atomic E-state index is -0.277. The van der Waals surface area contributed by atoms with Crippen LogP contribution >= 0.6 is 11.3 Å². The van der Waals surface area contributed by atoms with Crippen LogP contribution in [0.4, 0.5) is 16.4 Å². The average molecular weight is 382 g/mol. The number of hydrogen-bond acceptors (Lipinski definition) is 7. The van der Waals surface area contributed by atoms with Crippen molar-refractivity contribution in [2.45, 2.75) is 19.4 Å². The Morgan fingerprint density at radius 3 is 3.00 bits per heavy atom. The van der Waals surface area contributed by atoms with Crippen LogP contribution in [0.5, 0.6) is 0 Å². The molecule has 0 radical (unpaired) electrons. The van der Waals surface area contributed by atoms with Crippen LogP contribution in [0.1, 0.15) is 23.7 Å². The van der Waals surface area contributed by atoms with Crippen LogP contribution in [0, 0.1) is 5.92 Å². The van der Waals surface area contributed by atoms with E-state index in [0.717, 1.165) is 29.9 Å². The predicted octanol–water partition coefficient (Wildman–Crippen LogP) is 2.70. The number of carbonyl (C=O) groups excluding carboxylic acids is 1. The van der Waals surface area contributed by atoms with Crippen LogP contribution in [-0.2, 0) is 0 Å². The number of fused-ring (bicyclic) bond motifs is 1. The Kier molecular flexibility index (Phi) is 4.67. The van der Waals surface area contributed by atoms with E-state index in [9.17, 15) is 4.79 Å². The van der Waals surface area contributed by atoms with E-state index >= 15 is 0 Å². The fourth-order valence-electron chi connectivity index (χ4n) is 3.71. The van der Waals surface area contributed by atoms with Gasteiger partial charge in [0.05, 0.1) is 27.8 Å². The first-order chi connectivity index (χ1) is 13.0. The highest BCUT2D eigenvalue weighted by Crippen LogP contribution is 2.34. The molecule has 1 saturated heterocycles. The second-order valence-corrected chi connectivity index (χ2v) is 8.13. The van der Waals surface area contributed by atoms with Crippen LogP contribution < -0.4 is 21.7 Å². The molecule has 0 spiro atoms. The lowest BCUT2D eigenvalue weighted by Crippen LogP contribution is -2.46. The Hall–Kier alpha value is -2.71. The molecule has 8 heteroatoms. The number of amides is 1. The van der Waals surface area contributed by atoms with Crippen LogP contribution in [-0.4, -0.2) is 35.0 Å². The summed E-state index contributed by atoms with van der Waals surface area (Å²) in [4.78, 5) is 23.7. The number of pyridine rings is 2. The number of rotatable bonds is 3. The van der Waals surface area contributed by atoms with Crippen molar-refractivity contribution < 1.29 is 4.79 Å². The van der Waals surface area contributed by atoms with Gasteiger partial charge in [0.2, 0.25) is 0 Å². The quantitative estimate of drug-likeness (QED) is 0.642. The maximum Gasteiger partial charge on any atom is 0.260 e. The van der Waals surface area contributed by atoms with Gasteiger partial charge in [-0.2, -0.15) is 0 Å². The zero-order valence-corrected chi connectivity index (χ0v) is 15.9. The number of nitrogens with two attached hydrogens (primary N) is 2. The van der Waals surface area contributed by atoms with E-state index in [1.54, 1.807) is 18.6 Å². The molecule has 5 N–H and O–H groups in total. The van der Waals surface area contributed by atoms with Gasteiger partial charge in [-0.15, -0.1) is 11.3 Å². The molecule has 0 aromatic carbocycles. The number of hydrogen-bond donors (Lipinski definition) is 3. The maximum absolute atomic E-state index is 13.0. The number of piperidine rings is 1. The molecule has 0 aliphatic carbocycles. The third-order valence-electron chi connectivity index (χ3n) is 4.78. The summed E-state index contributed by atoms with van der Waals surface area (Å²) in [6.45, 7) is 3.84. The molecule has 1 fully saturated rings. The summed E-state index contributed by atoms with van der Waals surface area (Å²) in [7, 11) is 0. The first kappa shape index (κ1) is 17.7. The summed E-state index contributed by atoms with van der Waals surface area (Å²) >= 11 is 1.36. The SMILES string of the molecule is CC1CC(N)CN(c2ccncc2NC(=O)c2c(N)sc3cccnc23)C1. The molecule has 1 amide bonds. The summed E-state index contributed by atoms with van der Waals surface area (Å²) in [5.74, 6) is 0.215. The molecular weight excluding hydrogens is 360 g/mol. The third-order valence-corrected chi connectivity index (χ3v) is 5.75. The van der Waals surface area contributed by atoms with Crippen LogP contribution in [0.2, 0.25) is 0 Å². The van der Waals surface area contributed by atoms with Gasteiger partial charge >= 0.3 is 0 Å². The summed E-state index contributed by atoms with van der Waals surface area (Å²) in [5, 5.41) is 3.43. The summed E-state index contributed by atoms with van der Waals surface area (Å²) in [6, 6.07) is 5.77. The van der Waals surface area contributed by atoms with Crippen molar-refractivity contribution >= 4 is 43.8 Å². The molecular formula is C19H22N6OS. The highest BCUT2D eigenvalue weighted by molar-refractivity contribution is 7.23. The zero-order valence-electron chi connectivity index (χ0n) is 15.1. The molecule has 4 rings (SSSR count). The van der Waals surface area contributed by atoms with Crippen molar-refractivity contribution in [3.05, 3.63) is 42.4 Å². The molecule has 2 unspecified atom stereocenters. The smallest absolute Gasteiger partial charge is 0.260 e. The summed E-state index contributed by atoms with van der Waals surface area (Å²) in [5.41, 5.74) is 14.9. The van der Waals surface area contributed by atoms with E-state index in [4.69, 9.17) is 11.5 Å². The topological polar surface area (TPSA) is 110 Å². The lowest BCUT2D eigenvalue weighted by molar-refractivity contribution is 0.102. The van der Waals surface area contributed by atoms with E-state index in [0.29, 0.717) is 27.7 Å². The van der Waals surface area contributed by atoms with Gasteiger partial charge in [-0.1, -0.05) is 6.92 Å². The molecule has 0 bridgehead atoms. The normalized spacial score (nSPS) is 20.0. The van der Waals surface area contributed by atoms with E-state index in [2.05, 4.69) is 27.1 Å². The summed E-state index contributed by atoms with van der Waals surface area (Å²) < 4.78 is 0.891. The number of nitrogens with one attached hydrogen (secondary N) is 1. The van der Waals surface area contributed by atoms with Crippen molar-refractivity contribution in [1.82, 2.24) is 9.97 Å². The summed E-state index contributed by atoms with van der Waals surface area (Å²) in [6.07, 6.45) is 6.06. The minimum absolute atomic E-state index is 0.117. The first-order valence-electron chi connectivity index (χ1n) is 8.92. The molecule has 3 aromatic heterocycles. The van der Waals surface area contributed by atoms with Gasteiger partial charge in [0, 0.05) is 31.5 Å². The maximum atomic E-state index is 13.0. The zero-order chi connectivity index (χ0) is 19.0. The van der Waals surface area contributed by atoms with Gasteiger partial charge in [0.25, 0.3) is 5.91 Å². The molecule has 1 aliphatic rings. The van der Waals surface area contributed by atoms with Crippen molar-refractivity contribution in [1.29, 1.82) is 0 Å². The molecule has 4 heterocycles. The Morgan fingerprint density at radius 1 is 1.33 bits per heavy atom. The number of aromatic nitrogens is 2. The first-order valence-corrected chi connectivity index (χ1v) is 9.73. The Bertz CT molecular complexity index is 977. The van der Waals surface area contributed by atoms with Gasteiger partial charge in [0.15, 0.2) is 0 Å². The number of nitrogen functional groups attached to an aromatic ring is 1. The fraction of sp³-hybridized carbons (Fsp3) is 0.316. The number of anilines is 3. The van der Waals surface area contributed by atoms with Gasteiger partial charge in [-0.25, -0.2) is 0 Å². The Morgan fingerprint density at radius 2 is 2.19 bits per heavy atom. The lowest BCUT2D eigenvalue weighted by atomic mass is 9.96. The number of carbonyl (C=O) groups is 1. The van der Waals surface area contributed by atoms with E-state index in [1.807, 2.05) is 18.2 Å². The van der Waals surface area contributed by atoms with Crippen LogP contribution in [0.25, 0.3) is 10.2 Å².